The molecule has 0 aliphatic carbocycles. The molecule has 7 rings (SSSR count). The Hall–Kier alpha value is -3.06. The van der Waals surface area contributed by atoms with Gasteiger partial charge in [0.05, 0.1) is 17.3 Å². The molecule has 13 heteroatoms. The van der Waals surface area contributed by atoms with E-state index in [-0.39, 0.29) is 24.4 Å². The van der Waals surface area contributed by atoms with Crippen molar-refractivity contribution in [3.8, 4) is 0 Å². The van der Waals surface area contributed by atoms with Crippen molar-refractivity contribution in [3.05, 3.63) is 45.3 Å². The molecule has 2 unspecified atom stereocenters. The number of fused-ring (bicyclic) bond motifs is 3. The molecule has 1 aromatic carbocycles. The first-order chi connectivity index (χ1) is 23.2. The number of hydrogen-bond donors (Lipinski definition) is 2. The number of rotatable bonds is 7. The molecule has 4 amide bonds. The van der Waals surface area contributed by atoms with E-state index in [0.717, 1.165) is 34.8 Å². The van der Waals surface area contributed by atoms with Crippen molar-refractivity contribution < 1.29 is 19.1 Å². The number of nitrogens with one attached hydrogen (secondary N) is 1. The van der Waals surface area contributed by atoms with E-state index in [1.54, 1.807) is 11.0 Å². The van der Waals surface area contributed by atoms with Crippen LogP contribution in [0, 0.1) is 0 Å². The second-order valence-corrected chi connectivity index (χ2v) is 15.5. The van der Waals surface area contributed by atoms with Crippen LogP contribution in [0.4, 0.5) is 20.3 Å². The Morgan fingerprint density at radius 1 is 1.00 bits per heavy atom. The summed E-state index contributed by atoms with van der Waals surface area (Å²) in [6, 6.07) is 7.65. The number of anilines is 2. The summed E-state index contributed by atoms with van der Waals surface area (Å²) in [4.78, 5) is 51.1. The number of piperidine rings is 2. The van der Waals surface area contributed by atoms with Crippen LogP contribution < -0.4 is 11.1 Å². The molecule has 3 atom stereocenters. The number of hydrogen-bond acceptors (Lipinski definition) is 8. The number of urea groups is 1. The van der Waals surface area contributed by atoms with Crippen LogP contribution in [0.5, 0.6) is 0 Å². The molecule has 11 nitrogen and oxygen atoms in total. The van der Waals surface area contributed by atoms with Gasteiger partial charge in [0, 0.05) is 75.4 Å². The van der Waals surface area contributed by atoms with Crippen molar-refractivity contribution in [1.82, 2.24) is 24.5 Å². The van der Waals surface area contributed by atoms with Crippen molar-refractivity contribution in [2.45, 2.75) is 95.1 Å². The summed E-state index contributed by atoms with van der Waals surface area (Å²) in [5.74, 6) is -0.163. The van der Waals surface area contributed by atoms with E-state index in [1.807, 2.05) is 34.2 Å². The average molecular weight is 698 g/mol. The van der Waals surface area contributed by atoms with E-state index in [9.17, 15) is 14.4 Å². The number of amides is 4. The van der Waals surface area contributed by atoms with Gasteiger partial charge in [-0.2, -0.15) is 0 Å². The van der Waals surface area contributed by atoms with Gasteiger partial charge in [0.25, 0.3) is 5.91 Å². The maximum absolute atomic E-state index is 14.1. The Labute approximate surface area is 292 Å². The van der Waals surface area contributed by atoms with Crippen LogP contribution in [0.2, 0.25) is 5.02 Å². The number of nitrogens with two attached hydrogens (primary N) is 1. The number of piperazine rings is 1. The smallest absolute Gasteiger partial charge is 0.410 e. The predicted molar refractivity (Wildman–Crippen MR) is 188 cm³/mol. The van der Waals surface area contributed by atoms with Crippen LogP contribution >= 0.6 is 22.9 Å². The lowest BCUT2D eigenvalue weighted by Gasteiger charge is -2.45. The summed E-state index contributed by atoms with van der Waals surface area (Å²) in [6.07, 6.45) is 5.74. The maximum atomic E-state index is 14.1. The predicted octanol–water partition coefficient (Wildman–Crippen LogP) is 4.88. The van der Waals surface area contributed by atoms with E-state index in [4.69, 9.17) is 22.1 Å². The van der Waals surface area contributed by atoms with Gasteiger partial charge < -0.3 is 30.1 Å². The summed E-state index contributed by atoms with van der Waals surface area (Å²) in [5.41, 5.74) is 9.60. The fourth-order valence-electron chi connectivity index (χ4n) is 8.58. The molecular weight excluding hydrogens is 650 g/mol. The van der Waals surface area contributed by atoms with Gasteiger partial charge in [-0.25, -0.2) is 9.59 Å². The molecule has 2 aromatic rings. The number of carbonyl (C=O) groups excluding carboxylic acids is 3. The molecular formula is C35H48ClN7O4S. The minimum Gasteiger partial charge on any atom is -0.436 e. The molecule has 0 saturated carbocycles. The van der Waals surface area contributed by atoms with Gasteiger partial charge in [0.2, 0.25) is 0 Å². The molecule has 4 saturated heterocycles. The molecule has 1 aromatic heterocycles. The number of nitrogen functional groups attached to an aromatic ring is 1. The Morgan fingerprint density at radius 3 is 2.40 bits per heavy atom. The number of ether oxygens (including phenoxy) is 1. The number of halogens is 1. The van der Waals surface area contributed by atoms with Gasteiger partial charge >= 0.3 is 12.1 Å². The SMILES string of the molecule is CCc1cc(C[C@@H](OC(=O)N2CCC(N3Cc4ccsc4NC3=O)CC2)C(=O)N2CCN(C3CC4CCC(C3)N4C)CC2)cc(Cl)c1N. The van der Waals surface area contributed by atoms with Crippen molar-refractivity contribution in [2.24, 2.45) is 0 Å². The third-order valence-corrected chi connectivity index (χ3v) is 12.7. The van der Waals surface area contributed by atoms with E-state index in [1.165, 1.54) is 37.0 Å². The average Bonchev–Trinajstić information content (AvgIpc) is 3.62. The van der Waals surface area contributed by atoms with Crippen LogP contribution in [-0.4, -0.2) is 119 Å². The molecule has 3 N–H and O–H groups in total. The first-order valence-corrected chi connectivity index (χ1v) is 18.8. The van der Waals surface area contributed by atoms with Crippen LogP contribution in [0.3, 0.4) is 0 Å². The van der Waals surface area contributed by atoms with Crippen LogP contribution in [-0.2, 0) is 28.9 Å². The zero-order valence-electron chi connectivity index (χ0n) is 28.0. The number of nitrogens with zero attached hydrogens (tertiary/aromatic N) is 5. The molecule has 6 heterocycles. The van der Waals surface area contributed by atoms with Crippen LogP contribution in [0.1, 0.15) is 62.1 Å². The number of aryl methyl sites for hydroxylation is 1. The van der Waals surface area contributed by atoms with Crippen molar-refractivity contribution in [3.63, 3.8) is 0 Å². The van der Waals surface area contributed by atoms with Crippen LogP contribution in [0.15, 0.2) is 23.6 Å². The van der Waals surface area contributed by atoms with Crippen molar-refractivity contribution in [2.75, 3.05) is 57.4 Å². The zero-order valence-corrected chi connectivity index (χ0v) is 29.6. The maximum Gasteiger partial charge on any atom is 0.410 e. The lowest BCUT2D eigenvalue weighted by molar-refractivity contribution is -0.143. The molecule has 0 spiro atoms. The summed E-state index contributed by atoms with van der Waals surface area (Å²) in [7, 11) is 2.27. The molecule has 5 aliphatic heterocycles. The van der Waals surface area contributed by atoms with Gasteiger partial charge in [-0.15, -0.1) is 11.3 Å². The van der Waals surface area contributed by atoms with Gasteiger partial charge in [0.1, 0.15) is 5.00 Å². The second-order valence-electron chi connectivity index (χ2n) is 14.2. The Bertz CT molecular complexity index is 1510. The zero-order chi connectivity index (χ0) is 33.5. The Kier molecular flexibility index (Phi) is 9.79. The third-order valence-electron chi connectivity index (χ3n) is 11.5. The largest absolute Gasteiger partial charge is 0.436 e. The van der Waals surface area contributed by atoms with E-state index >= 15 is 0 Å². The highest BCUT2D eigenvalue weighted by Crippen LogP contribution is 2.37. The van der Waals surface area contributed by atoms with E-state index in [2.05, 4.69) is 22.2 Å². The monoisotopic (exact) mass is 697 g/mol. The fraction of sp³-hybridized carbons (Fsp3) is 0.629. The molecule has 260 valence electrons. The highest BCUT2D eigenvalue weighted by Gasteiger charge is 2.42. The highest BCUT2D eigenvalue weighted by molar-refractivity contribution is 7.14. The van der Waals surface area contributed by atoms with Gasteiger partial charge in [-0.1, -0.05) is 24.6 Å². The minimum atomic E-state index is -0.977. The summed E-state index contributed by atoms with van der Waals surface area (Å²) >= 11 is 8.03. The standard InChI is InChI=1S/C35H48ClN7O4S/c1-3-23-16-22(17-29(36)31(23)37)18-30(33(44)41-13-11-40(12-14-41)28-19-26-4-5-27(20-28)39(26)2)47-35(46)42-9-6-25(7-10-42)43-21-24-8-15-48-32(24)38-34(43)45/h8,15-17,25-28,30H,3-7,9-14,18-21,37H2,1-2H3,(H,38,45)/t26?,27?,28?,30-/m1/s1. The lowest BCUT2D eigenvalue weighted by Crippen LogP contribution is -2.57. The number of thiophene rings is 1. The summed E-state index contributed by atoms with van der Waals surface area (Å²) < 4.78 is 6.09. The Morgan fingerprint density at radius 2 is 1.71 bits per heavy atom. The summed E-state index contributed by atoms with van der Waals surface area (Å²) in [6.45, 7) is 6.40. The Balaban J connectivity index is 0.998. The molecule has 0 radical (unpaired) electrons. The van der Waals surface area contributed by atoms with Gasteiger partial charge in [-0.05, 0) is 80.6 Å². The molecule has 4 fully saturated rings. The van der Waals surface area contributed by atoms with Gasteiger partial charge in [0.15, 0.2) is 6.10 Å². The van der Waals surface area contributed by atoms with Crippen LogP contribution in [0.25, 0.3) is 0 Å². The molecule has 2 bridgehead atoms. The molecule has 48 heavy (non-hydrogen) atoms. The molecule has 5 aliphatic rings. The van der Waals surface area contributed by atoms with Crippen molar-refractivity contribution in [1.29, 1.82) is 0 Å². The van der Waals surface area contributed by atoms with E-state index < -0.39 is 12.2 Å². The lowest BCUT2D eigenvalue weighted by atomic mass is 9.96. The first-order valence-electron chi connectivity index (χ1n) is 17.6. The van der Waals surface area contributed by atoms with Gasteiger partial charge in [-0.3, -0.25) is 15.0 Å². The highest BCUT2D eigenvalue weighted by atomic mass is 35.5. The number of benzene rings is 1. The third kappa shape index (κ3) is 6.73. The number of likely N-dealkylation sites (tertiary alicyclic amines) is 1. The number of carbonyl (C=O) groups is 3. The minimum absolute atomic E-state index is 0.0277. The normalized spacial score (nSPS) is 25.9. The van der Waals surface area contributed by atoms with Crippen molar-refractivity contribution >= 4 is 51.7 Å². The topological polar surface area (TPSA) is 115 Å². The first kappa shape index (κ1) is 33.4. The fourth-order valence-corrected chi connectivity index (χ4v) is 9.64. The summed E-state index contributed by atoms with van der Waals surface area (Å²) in [5, 5.41) is 6.34. The van der Waals surface area contributed by atoms with E-state index in [0.29, 0.717) is 80.8 Å². The second kappa shape index (κ2) is 14.0. The quantitative estimate of drug-likeness (QED) is 0.397.